The number of fused-ring (bicyclic) bond motifs is 1. The van der Waals surface area contributed by atoms with Crippen molar-refractivity contribution >= 4 is 29.3 Å². The predicted molar refractivity (Wildman–Crippen MR) is 110 cm³/mol. The van der Waals surface area contributed by atoms with E-state index in [1.807, 2.05) is 25.1 Å². The summed E-state index contributed by atoms with van der Waals surface area (Å²) in [6.45, 7) is 1.87. The second kappa shape index (κ2) is 8.32. The Kier molecular flexibility index (Phi) is 5.64. The number of aromatic nitrogens is 4. The van der Waals surface area contributed by atoms with Crippen molar-refractivity contribution in [1.82, 2.24) is 25.5 Å². The van der Waals surface area contributed by atoms with E-state index in [1.165, 1.54) is 22.9 Å². The summed E-state index contributed by atoms with van der Waals surface area (Å²) in [6.07, 6.45) is 3.11. The zero-order valence-electron chi connectivity index (χ0n) is 15.4. The highest BCUT2D eigenvalue weighted by molar-refractivity contribution is 8.00. The van der Waals surface area contributed by atoms with Gasteiger partial charge < -0.3 is 5.32 Å². The first kappa shape index (κ1) is 19.0. The van der Waals surface area contributed by atoms with E-state index in [1.54, 1.807) is 16.8 Å². The first-order chi connectivity index (χ1) is 13.6. The number of halogens is 1. The minimum atomic E-state index is -0.328. The molecule has 1 aliphatic carbocycles. The quantitative estimate of drug-likeness (QED) is 0.640. The predicted octanol–water partition coefficient (Wildman–Crippen LogP) is 3.99. The van der Waals surface area contributed by atoms with E-state index >= 15 is 0 Å². The lowest BCUT2D eigenvalue weighted by Gasteiger charge is -2.27. The molecular weight excluding hydrogens is 394 g/mol. The number of rotatable bonds is 5. The van der Waals surface area contributed by atoms with Crippen molar-refractivity contribution in [2.75, 3.05) is 0 Å². The summed E-state index contributed by atoms with van der Waals surface area (Å²) in [5.74, 6) is -0.0163. The fraction of sp³-hybridized carbons (Fsp3) is 0.300. The zero-order valence-corrected chi connectivity index (χ0v) is 17.0. The number of aryl methyl sites for hydroxylation is 1. The second-order valence-electron chi connectivity index (χ2n) is 6.76. The highest BCUT2D eigenvalue weighted by Crippen LogP contribution is 2.30. The molecule has 3 aromatic rings. The highest BCUT2D eigenvalue weighted by atomic mass is 35.5. The molecule has 6 nitrogen and oxygen atoms in total. The van der Waals surface area contributed by atoms with E-state index in [0.29, 0.717) is 10.2 Å². The van der Waals surface area contributed by atoms with Gasteiger partial charge in [0, 0.05) is 5.02 Å². The van der Waals surface area contributed by atoms with E-state index in [9.17, 15) is 4.79 Å². The molecule has 1 aromatic heterocycles. The molecule has 0 spiro atoms. The molecule has 1 N–H and O–H groups in total. The molecule has 0 aliphatic heterocycles. The van der Waals surface area contributed by atoms with Gasteiger partial charge in [0.25, 0.3) is 0 Å². The van der Waals surface area contributed by atoms with Gasteiger partial charge in [0.15, 0.2) is 0 Å². The standard InChI is InChI=1S/C20H20ClN5OS/c1-13(19(27)22-18-8-4-6-14-5-2-3-7-17(14)18)28-20-23-24-25-26(20)16-11-9-15(21)10-12-16/h2-3,5,7,9-13,18H,4,6,8H2,1H3,(H,22,27)/t13-,18-/m1/s1. The van der Waals surface area contributed by atoms with Crippen LogP contribution in [0.5, 0.6) is 0 Å². The third-order valence-corrected chi connectivity index (χ3v) is 6.13. The molecule has 0 radical (unpaired) electrons. The van der Waals surface area contributed by atoms with E-state index in [4.69, 9.17) is 11.6 Å². The number of amides is 1. The van der Waals surface area contributed by atoms with Crippen LogP contribution in [0.15, 0.2) is 53.7 Å². The topological polar surface area (TPSA) is 72.7 Å². The van der Waals surface area contributed by atoms with Gasteiger partial charge in [-0.05, 0) is 72.0 Å². The number of hydrogen-bond acceptors (Lipinski definition) is 5. The minimum Gasteiger partial charge on any atom is -0.348 e. The Hall–Kier alpha value is -2.38. The van der Waals surface area contributed by atoms with Gasteiger partial charge in [0.2, 0.25) is 11.1 Å². The first-order valence-electron chi connectivity index (χ1n) is 9.21. The summed E-state index contributed by atoms with van der Waals surface area (Å²) in [6, 6.07) is 15.6. The maximum Gasteiger partial charge on any atom is 0.233 e. The van der Waals surface area contributed by atoms with Crippen LogP contribution in [0.3, 0.4) is 0 Å². The second-order valence-corrected chi connectivity index (χ2v) is 8.51. The van der Waals surface area contributed by atoms with E-state index in [0.717, 1.165) is 24.9 Å². The van der Waals surface area contributed by atoms with Crippen molar-refractivity contribution in [2.24, 2.45) is 0 Å². The van der Waals surface area contributed by atoms with E-state index < -0.39 is 0 Å². The number of thioether (sulfide) groups is 1. The van der Waals surface area contributed by atoms with Crippen molar-refractivity contribution < 1.29 is 4.79 Å². The van der Waals surface area contributed by atoms with Gasteiger partial charge in [0.1, 0.15) is 0 Å². The largest absolute Gasteiger partial charge is 0.348 e. The highest BCUT2D eigenvalue weighted by Gasteiger charge is 2.25. The molecule has 1 amide bonds. The van der Waals surface area contributed by atoms with Crippen LogP contribution in [0.4, 0.5) is 0 Å². The molecule has 28 heavy (non-hydrogen) atoms. The summed E-state index contributed by atoms with van der Waals surface area (Å²) < 4.78 is 1.61. The fourth-order valence-electron chi connectivity index (χ4n) is 3.40. The van der Waals surface area contributed by atoms with Crippen LogP contribution in [0.25, 0.3) is 5.69 Å². The van der Waals surface area contributed by atoms with Crippen LogP contribution in [-0.2, 0) is 11.2 Å². The van der Waals surface area contributed by atoms with Crippen molar-refractivity contribution in [3.05, 3.63) is 64.7 Å². The van der Waals surface area contributed by atoms with Gasteiger partial charge in [-0.25, -0.2) is 0 Å². The van der Waals surface area contributed by atoms with E-state index in [-0.39, 0.29) is 17.2 Å². The summed E-state index contributed by atoms with van der Waals surface area (Å²) >= 11 is 7.28. The van der Waals surface area contributed by atoms with Gasteiger partial charge in [0.05, 0.1) is 17.0 Å². The van der Waals surface area contributed by atoms with Gasteiger partial charge in [-0.15, -0.1) is 5.10 Å². The molecule has 0 saturated carbocycles. The molecule has 4 rings (SSSR count). The maximum absolute atomic E-state index is 12.8. The van der Waals surface area contributed by atoms with Gasteiger partial charge in [-0.3, -0.25) is 4.79 Å². The van der Waals surface area contributed by atoms with Crippen LogP contribution >= 0.6 is 23.4 Å². The number of nitrogens with zero attached hydrogens (tertiary/aromatic N) is 4. The molecule has 1 aliphatic rings. The normalized spacial score (nSPS) is 17.0. The number of hydrogen-bond donors (Lipinski definition) is 1. The number of carbonyl (C=O) groups excluding carboxylic acids is 1. The Morgan fingerprint density at radius 1 is 1.25 bits per heavy atom. The van der Waals surface area contributed by atoms with Crippen LogP contribution in [0.2, 0.25) is 5.02 Å². The molecule has 144 valence electrons. The van der Waals surface area contributed by atoms with Gasteiger partial charge in [-0.1, -0.05) is 47.6 Å². The molecule has 0 unspecified atom stereocenters. The van der Waals surface area contributed by atoms with Crippen LogP contribution < -0.4 is 5.32 Å². The third kappa shape index (κ3) is 4.05. The smallest absolute Gasteiger partial charge is 0.233 e. The van der Waals surface area contributed by atoms with Crippen LogP contribution in [-0.4, -0.2) is 31.4 Å². The zero-order chi connectivity index (χ0) is 19.5. The minimum absolute atomic E-state index is 0.0163. The summed E-state index contributed by atoms with van der Waals surface area (Å²) in [5.41, 5.74) is 3.35. The number of tetrazole rings is 1. The molecule has 0 bridgehead atoms. The van der Waals surface area contributed by atoms with Crippen molar-refractivity contribution in [2.45, 2.75) is 42.6 Å². The molecule has 0 fully saturated rings. The average molecular weight is 414 g/mol. The van der Waals surface area contributed by atoms with Gasteiger partial charge in [-0.2, -0.15) is 4.68 Å². The van der Waals surface area contributed by atoms with Crippen LogP contribution in [0, 0.1) is 0 Å². The Labute approximate surface area is 172 Å². The number of carbonyl (C=O) groups is 1. The lowest BCUT2D eigenvalue weighted by atomic mass is 9.88. The van der Waals surface area contributed by atoms with Crippen molar-refractivity contribution in [3.63, 3.8) is 0 Å². The molecular formula is C20H20ClN5OS. The summed E-state index contributed by atoms with van der Waals surface area (Å²) in [7, 11) is 0. The molecule has 1 heterocycles. The molecule has 2 atom stereocenters. The maximum atomic E-state index is 12.8. The van der Waals surface area contributed by atoms with Gasteiger partial charge >= 0.3 is 0 Å². The molecule has 8 heteroatoms. The first-order valence-corrected chi connectivity index (χ1v) is 10.5. The fourth-order valence-corrected chi connectivity index (χ4v) is 4.34. The molecule has 0 saturated heterocycles. The monoisotopic (exact) mass is 413 g/mol. The SMILES string of the molecule is C[C@@H](Sc1nnnn1-c1ccc(Cl)cc1)C(=O)N[C@@H]1CCCc2ccccc21. The summed E-state index contributed by atoms with van der Waals surface area (Å²) in [5, 5.41) is 15.9. The lowest BCUT2D eigenvalue weighted by molar-refractivity contribution is -0.121. The Bertz CT molecular complexity index is 975. The lowest BCUT2D eigenvalue weighted by Crippen LogP contribution is -2.36. The summed E-state index contributed by atoms with van der Waals surface area (Å²) in [4.78, 5) is 12.8. The third-order valence-electron chi connectivity index (χ3n) is 4.85. The Morgan fingerprint density at radius 2 is 2.04 bits per heavy atom. The molecule has 2 aromatic carbocycles. The Morgan fingerprint density at radius 3 is 2.86 bits per heavy atom. The number of nitrogens with one attached hydrogen (secondary N) is 1. The average Bonchev–Trinajstić information content (AvgIpc) is 3.17. The van der Waals surface area contributed by atoms with Crippen molar-refractivity contribution in [3.8, 4) is 5.69 Å². The Balaban J connectivity index is 1.45. The van der Waals surface area contributed by atoms with Crippen LogP contribution in [0.1, 0.15) is 36.9 Å². The van der Waals surface area contributed by atoms with Crippen molar-refractivity contribution in [1.29, 1.82) is 0 Å². The van der Waals surface area contributed by atoms with E-state index in [2.05, 4.69) is 39.0 Å². The number of benzene rings is 2.